The van der Waals surface area contributed by atoms with Gasteiger partial charge in [-0.25, -0.2) is 0 Å². The van der Waals surface area contributed by atoms with Crippen molar-refractivity contribution in [3.63, 3.8) is 0 Å². The number of ether oxygens (including phenoxy) is 3. The second kappa shape index (κ2) is 62.4. The van der Waals surface area contributed by atoms with E-state index in [9.17, 15) is 14.4 Å². The molecular formula is C69H114O6. The molecule has 0 fully saturated rings. The lowest BCUT2D eigenvalue weighted by Crippen LogP contribution is -2.30. The first-order valence-corrected chi connectivity index (χ1v) is 31.0. The third kappa shape index (κ3) is 60.6. The van der Waals surface area contributed by atoms with Crippen LogP contribution < -0.4 is 0 Å². The Morgan fingerprint density at radius 1 is 0.280 bits per heavy atom. The summed E-state index contributed by atoms with van der Waals surface area (Å²) in [5.74, 6) is -0.942. The zero-order valence-corrected chi connectivity index (χ0v) is 48.8. The van der Waals surface area contributed by atoms with E-state index in [0.717, 1.165) is 161 Å². The molecule has 0 radical (unpaired) electrons. The highest BCUT2D eigenvalue weighted by atomic mass is 16.6. The Labute approximate surface area is 462 Å². The molecule has 0 rings (SSSR count). The fourth-order valence-electron chi connectivity index (χ4n) is 8.27. The highest BCUT2D eigenvalue weighted by molar-refractivity contribution is 5.71. The van der Waals surface area contributed by atoms with Gasteiger partial charge >= 0.3 is 17.9 Å². The summed E-state index contributed by atoms with van der Waals surface area (Å²) in [4.78, 5) is 38.3. The number of carbonyl (C=O) groups excluding carboxylic acids is 3. The molecule has 0 saturated heterocycles. The predicted molar refractivity (Wildman–Crippen MR) is 325 cm³/mol. The second-order valence-electron chi connectivity index (χ2n) is 20.2. The maximum atomic E-state index is 12.9. The predicted octanol–water partition coefficient (Wildman–Crippen LogP) is 21.2. The van der Waals surface area contributed by atoms with Crippen molar-refractivity contribution in [2.24, 2.45) is 0 Å². The summed E-state index contributed by atoms with van der Waals surface area (Å²) in [5.41, 5.74) is 0. The van der Waals surface area contributed by atoms with Crippen LogP contribution in [0.1, 0.15) is 278 Å². The van der Waals surface area contributed by atoms with E-state index < -0.39 is 6.10 Å². The SMILES string of the molecule is CC/C=C\C/C=C\C/C=C\C/C=C\C/C=C\CCCCCCCC(=O)OCC(COC(=O)CCCCCCC/C=C\C/C=C\CCCCC)OC(=O)CCCCCCCC/C=C\C/C=C\C/C=C\CCCCCCC. The number of carbonyl (C=O) groups is 3. The smallest absolute Gasteiger partial charge is 0.306 e. The molecule has 0 bridgehead atoms. The summed E-state index contributed by atoms with van der Waals surface area (Å²) >= 11 is 0. The third-order valence-electron chi connectivity index (χ3n) is 12.9. The minimum Gasteiger partial charge on any atom is -0.462 e. The van der Waals surface area contributed by atoms with Gasteiger partial charge in [0.1, 0.15) is 13.2 Å². The molecule has 0 aromatic rings. The summed E-state index contributed by atoms with van der Waals surface area (Å²) in [7, 11) is 0. The van der Waals surface area contributed by atoms with Crippen molar-refractivity contribution in [1.82, 2.24) is 0 Å². The number of rotatable bonds is 55. The molecule has 0 amide bonds. The van der Waals surface area contributed by atoms with Crippen LogP contribution in [0.5, 0.6) is 0 Å². The van der Waals surface area contributed by atoms with Gasteiger partial charge in [0, 0.05) is 19.3 Å². The van der Waals surface area contributed by atoms with E-state index in [-0.39, 0.29) is 31.1 Å². The fraction of sp³-hybridized carbons (Fsp3) is 0.667. The Morgan fingerprint density at radius 3 is 0.840 bits per heavy atom. The molecule has 1 atom stereocenters. The van der Waals surface area contributed by atoms with E-state index in [1.165, 1.54) is 77.0 Å². The molecule has 75 heavy (non-hydrogen) atoms. The van der Waals surface area contributed by atoms with E-state index in [2.05, 4.69) is 142 Å². The third-order valence-corrected chi connectivity index (χ3v) is 12.9. The molecular weight excluding hydrogens is 925 g/mol. The summed E-state index contributed by atoms with van der Waals surface area (Å²) in [5, 5.41) is 0. The minimum atomic E-state index is -0.804. The van der Waals surface area contributed by atoms with Crippen molar-refractivity contribution >= 4 is 17.9 Å². The molecule has 0 aromatic heterocycles. The number of allylic oxidation sites excluding steroid dienone is 20. The number of unbranched alkanes of at least 4 members (excludes halogenated alkanes) is 24. The molecule has 6 heteroatoms. The fourth-order valence-corrected chi connectivity index (χ4v) is 8.27. The molecule has 426 valence electrons. The monoisotopic (exact) mass is 1040 g/mol. The van der Waals surface area contributed by atoms with Crippen LogP contribution >= 0.6 is 0 Å². The van der Waals surface area contributed by atoms with Gasteiger partial charge in [0.25, 0.3) is 0 Å². The Bertz CT molecular complexity index is 1570. The lowest BCUT2D eigenvalue weighted by Gasteiger charge is -2.18. The Hall–Kier alpha value is -4.19. The molecule has 0 aliphatic carbocycles. The molecule has 1 unspecified atom stereocenters. The van der Waals surface area contributed by atoms with Gasteiger partial charge in [-0.1, -0.05) is 245 Å². The van der Waals surface area contributed by atoms with Crippen molar-refractivity contribution in [3.8, 4) is 0 Å². The maximum Gasteiger partial charge on any atom is 0.306 e. The first-order chi connectivity index (χ1) is 37.0. The van der Waals surface area contributed by atoms with E-state index in [0.29, 0.717) is 19.3 Å². The van der Waals surface area contributed by atoms with Crippen molar-refractivity contribution in [3.05, 3.63) is 122 Å². The molecule has 0 N–H and O–H groups in total. The Balaban J connectivity index is 4.48. The van der Waals surface area contributed by atoms with Gasteiger partial charge in [0.2, 0.25) is 0 Å². The second-order valence-corrected chi connectivity index (χ2v) is 20.2. The zero-order valence-electron chi connectivity index (χ0n) is 48.8. The highest BCUT2D eigenvalue weighted by Crippen LogP contribution is 2.14. The van der Waals surface area contributed by atoms with Crippen LogP contribution in [0.4, 0.5) is 0 Å². The Kier molecular flexibility index (Phi) is 58.9. The molecule has 0 heterocycles. The average Bonchev–Trinajstić information content (AvgIpc) is 3.41. The summed E-state index contributed by atoms with van der Waals surface area (Å²) in [6, 6.07) is 0. The quantitative estimate of drug-likeness (QED) is 0.0261. The summed E-state index contributed by atoms with van der Waals surface area (Å²) < 4.78 is 16.9. The van der Waals surface area contributed by atoms with Crippen LogP contribution in [-0.2, 0) is 28.6 Å². The summed E-state index contributed by atoms with van der Waals surface area (Å²) in [6.45, 7) is 6.46. The van der Waals surface area contributed by atoms with Crippen molar-refractivity contribution in [2.75, 3.05) is 13.2 Å². The van der Waals surface area contributed by atoms with Gasteiger partial charge in [-0.05, 0) is 135 Å². The minimum absolute atomic E-state index is 0.0998. The topological polar surface area (TPSA) is 78.9 Å². The number of esters is 3. The van der Waals surface area contributed by atoms with Gasteiger partial charge < -0.3 is 14.2 Å². The lowest BCUT2D eigenvalue weighted by molar-refractivity contribution is -0.167. The zero-order chi connectivity index (χ0) is 54.3. The van der Waals surface area contributed by atoms with Crippen LogP contribution in [0.2, 0.25) is 0 Å². The average molecular weight is 1040 g/mol. The van der Waals surface area contributed by atoms with Crippen LogP contribution in [-0.4, -0.2) is 37.2 Å². The summed E-state index contributed by atoms with van der Waals surface area (Å²) in [6.07, 6.45) is 86.1. The highest BCUT2D eigenvalue weighted by Gasteiger charge is 2.19. The standard InChI is InChI=1S/C69H114O6/c1-4-7-10-13-16-19-22-25-28-30-32-34-36-38-41-44-47-50-53-56-59-62-68(71)74-65-66(64-73-67(70)61-58-55-52-49-46-43-40-27-24-21-18-15-12-9-6-3)75-69(72)63-60-57-54-51-48-45-42-39-37-35-33-31-29-26-23-20-17-14-11-8-5-2/h7,10,16,18-19,21,23,25-28,31-34,37-41,66H,4-6,8-9,11-15,17,20,22,24,29-30,35-36,42-65H2,1-3H3/b10-7-,19-16-,21-18-,26-23-,28-25-,33-31-,34-32-,39-37-,40-27-,41-38-. The number of hydrogen-bond acceptors (Lipinski definition) is 6. The van der Waals surface area contributed by atoms with Crippen molar-refractivity contribution in [1.29, 1.82) is 0 Å². The molecule has 0 aliphatic rings. The molecule has 6 nitrogen and oxygen atoms in total. The van der Waals surface area contributed by atoms with E-state index >= 15 is 0 Å². The van der Waals surface area contributed by atoms with Gasteiger partial charge in [-0.3, -0.25) is 14.4 Å². The molecule has 0 spiro atoms. The van der Waals surface area contributed by atoms with Gasteiger partial charge in [-0.15, -0.1) is 0 Å². The van der Waals surface area contributed by atoms with Gasteiger partial charge in [0.15, 0.2) is 6.10 Å². The molecule has 0 aliphatic heterocycles. The maximum absolute atomic E-state index is 12.9. The van der Waals surface area contributed by atoms with Gasteiger partial charge in [0.05, 0.1) is 0 Å². The van der Waals surface area contributed by atoms with E-state index in [1.54, 1.807) is 0 Å². The lowest BCUT2D eigenvalue weighted by atomic mass is 10.1. The van der Waals surface area contributed by atoms with Crippen LogP contribution in [0.15, 0.2) is 122 Å². The number of hydrogen-bond donors (Lipinski definition) is 0. The van der Waals surface area contributed by atoms with Crippen LogP contribution in [0.25, 0.3) is 0 Å². The largest absolute Gasteiger partial charge is 0.462 e. The van der Waals surface area contributed by atoms with Crippen LogP contribution in [0.3, 0.4) is 0 Å². The van der Waals surface area contributed by atoms with Crippen LogP contribution in [0, 0.1) is 0 Å². The first kappa shape index (κ1) is 70.8. The van der Waals surface area contributed by atoms with E-state index in [1.807, 2.05) is 0 Å². The van der Waals surface area contributed by atoms with Gasteiger partial charge in [-0.2, -0.15) is 0 Å². The molecule has 0 saturated carbocycles. The first-order valence-electron chi connectivity index (χ1n) is 31.0. The Morgan fingerprint density at radius 2 is 0.520 bits per heavy atom. The van der Waals surface area contributed by atoms with Crippen molar-refractivity contribution in [2.45, 2.75) is 284 Å². The normalized spacial score (nSPS) is 12.9. The molecule has 0 aromatic carbocycles. The van der Waals surface area contributed by atoms with E-state index in [4.69, 9.17) is 14.2 Å². The van der Waals surface area contributed by atoms with Crippen molar-refractivity contribution < 1.29 is 28.6 Å².